The summed E-state index contributed by atoms with van der Waals surface area (Å²) in [5.41, 5.74) is 0. The number of halogens is 1. The molecule has 0 aromatic carbocycles. The largest absolute Gasteiger partial charge is 0.392 e. The van der Waals surface area contributed by atoms with Gasteiger partial charge in [-0.1, -0.05) is 6.92 Å². The first-order valence-corrected chi connectivity index (χ1v) is 7.05. The monoisotopic (exact) mass is 285 g/mol. The van der Waals surface area contributed by atoms with Crippen LogP contribution >= 0.6 is 22.9 Å². The van der Waals surface area contributed by atoms with E-state index in [4.69, 9.17) is 11.6 Å². The summed E-state index contributed by atoms with van der Waals surface area (Å²) < 4.78 is 0. The lowest BCUT2D eigenvalue weighted by Gasteiger charge is -2.20. The predicted molar refractivity (Wildman–Crippen MR) is 76.8 cm³/mol. The van der Waals surface area contributed by atoms with Gasteiger partial charge in [0.1, 0.15) is 10.6 Å². The van der Waals surface area contributed by atoms with Crippen molar-refractivity contribution in [2.45, 2.75) is 26.4 Å². The maximum absolute atomic E-state index is 9.46. The molecule has 98 valence electrons. The van der Waals surface area contributed by atoms with Gasteiger partial charge in [0.2, 0.25) is 5.28 Å². The van der Waals surface area contributed by atoms with Crippen molar-refractivity contribution in [3.05, 3.63) is 16.2 Å². The Labute approximate surface area is 115 Å². The molecule has 0 saturated heterocycles. The van der Waals surface area contributed by atoms with Crippen molar-refractivity contribution in [3.63, 3.8) is 0 Å². The first-order chi connectivity index (χ1) is 8.51. The second-order valence-electron chi connectivity index (χ2n) is 4.33. The lowest BCUT2D eigenvalue weighted by Crippen LogP contribution is -2.27. The van der Waals surface area contributed by atoms with Crippen molar-refractivity contribution in [1.82, 2.24) is 9.97 Å². The molecule has 0 aliphatic carbocycles. The van der Waals surface area contributed by atoms with Crippen molar-refractivity contribution < 1.29 is 5.11 Å². The first-order valence-electron chi connectivity index (χ1n) is 5.86. The maximum atomic E-state index is 9.46. The van der Waals surface area contributed by atoms with Crippen LogP contribution in [-0.4, -0.2) is 34.8 Å². The van der Waals surface area contributed by atoms with E-state index in [0.29, 0.717) is 6.54 Å². The highest BCUT2D eigenvalue weighted by Crippen LogP contribution is 2.31. The fraction of sp³-hybridized carbons (Fsp3) is 0.500. The smallest absolute Gasteiger partial charge is 0.225 e. The van der Waals surface area contributed by atoms with Gasteiger partial charge in [0.05, 0.1) is 11.5 Å². The molecule has 0 bridgehead atoms. The normalized spacial score (nSPS) is 12.9. The van der Waals surface area contributed by atoms with Gasteiger partial charge >= 0.3 is 0 Å². The summed E-state index contributed by atoms with van der Waals surface area (Å²) in [7, 11) is 1.90. The molecule has 2 aromatic rings. The summed E-state index contributed by atoms with van der Waals surface area (Å²) in [6.07, 6.45) is 0.557. The molecule has 0 amide bonds. The quantitative estimate of drug-likeness (QED) is 0.878. The van der Waals surface area contributed by atoms with Crippen molar-refractivity contribution in [2.75, 3.05) is 18.5 Å². The molecule has 0 fully saturated rings. The fourth-order valence-corrected chi connectivity index (χ4v) is 3.06. The molecule has 1 unspecified atom stereocenters. The average molecular weight is 286 g/mol. The third kappa shape index (κ3) is 2.74. The molecule has 2 heterocycles. The Morgan fingerprint density at radius 3 is 2.83 bits per heavy atom. The minimum atomic E-state index is -0.414. The third-order valence-corrected chi connectivity index (χ3v) is 3.99. The summed E-state index contributed by atoms with van der Waals surface area (Å²) in [6, 6.07) is 2.10. The zero-order chi connectivity index (χ0) is 13.3. The first kappa shape index (κ1) is 13.5. The van der Waals surface area contributed by atoms with E-state index in [0.717, 1.165) is 22.5 Å². The minimum Gasteiger partial charge on any atom is -0.392 e. The molecular formula is C12H16ClN3OS. The molecule has 0 saturated carbocycles. The number of hydrogen-bond acceptors (Lipinski definition) is 5. The summed E-state index contributed by atoms with van der Waals surface area (Å²) in [5, 5.41) is 10.7. The maximum Gasteiger partial charge on any atom is 0.225 e. The van der Waals surface area contributed by atoms with E-state index < -0.39 is 6.10 Å². The van der Waals surface area contributed by atoms with Crippen LogP contribution in [0.1, 0.15) is 18.7 Å². The van der Waals surface area contributed by atoms with E-state index in [9.17, 15) is 5.11 Å². The number of aromatic nitrogens is 2. The zero-order valence-electron chi connectivity index (χ0n) is 10.6. The van der Waals surface area contributed by atoms with E-state index in [-0.39, 0.29) is 5.28 Å². The number of aliphatic hydroxyl groups excluding tert-OH is 1. The number of rotatable bonds is 4. The Morgan fingerprint density at radius 1 is 1.50 bits per heavy atom. The summed E-state index contributed by atoms with van der Waals surface area (Å²) in [6.45, 7) is 4.38. The van der Waals surface area contributed by atoms with Gasteiger partial charge in [-0.3, -0.25) is 0 Å². The van der Waals surface area contributed by atoms with Gasteiger partial charge in [-0.05, 0) is 31.0 Å². The Morgan fingerprint density at radius 2 is 2.22 bits per heavy atom. The molecule has 0 aliphatic rings. The molecule has 4 nitrogen and oxygen atoms in total. The second kappa shape index (κ2) is 5.38. The van der Waals surface area contributed by atoms with Gasteiger partial charge in [0.15, 0.2) is 0 Å². The molecule has 1 atom stereocenters. The molecule has 1 N–H and O–H groups in total. The molecule has 0 aliphatic heterocycles. The highest BCUT2D eigenvalue weighted by atomic mass is 35.5. The van der Waals surface area contributed by atoms with E-state index >= 15 is 0 Å². The number of hydrogen-bond donors (Lipinski definition) is 1. The van der Waals surface area contributed by atoms with Crippen molar-refractivity contribution >= 4 is 39.0 Å². The highest BCUT2D eigenvalue weighted by molar-refractivity contribution is 7.18. The lowest BCUT2D eigenvalue weighted by atomic mass is 10.3. The lowest BCUT2D eigenvalue weighted by molar-refractivity contribution is 0.201. The number of thiophene rings is 1. The van der Waals surface area contributed by atoms with E-state index in [2.05, 4.69) is 23.0 Å². The van der Waals surface area contributed by atoms with Crippen LogP contribution in [0.2, 0.25) is 5.28 Å². The standard InChI is InChI=1S/C12H16ClN3OS/c1-4-8-5-9-10(16(3)6-7(2)17)14-12(13)15-11(9)18-8/h5,7,17H,4,6H2,1-3H3. The average Bonchev–Trinajstić information content (AvgIpc) is 2.69. The molecule has 2 aromatic heterocycles. The highest BCUT2D eigenvalue weighted by Gasteiger charge is 2.14. The Bertz CT molecular complexity index is 555. The van der Waals surface area contributed by atoms with Crippen LogP contribution in [0.15, 0.2) is 6.07 Å². The van der Waals surface area contributed by atoms with Crippen molar-refractivity contribution in [3.8, 4) is 0 Å². The molecule has 0 radical (unpaired) electrons. The molecule has 0 spiro atoms. The summed E-state index contributed by atoms with van der Waals surface area (Å²) in [5.74, 6) is 0.779. The van der Waals surface area contributed by atoms with Gasteiger partial charge in [0, 0.05) is 18.5 Å². The van der Waals surface area contributed by atoms with Crippen LogP contribution in [0.5, 0.6) is 0 Å². The summed E-state index contributed by atoms with van der Waals surface area (Å²) >= 11 is 7.59. The molecule has 2 rings (SSSR count). The number of aliphatic hydroxyl groups is 1. The van der Waals surface area contributed by atoms with Gasteiger partial charge < -0.3 is 10.0 Å². The van der Waals surface area contributed by atoms with Crippen LogP contribution < -0.4 is 4.90 Å². The number of likely N-dealkylation sites (N-methyl/N-ethyl adjacent to an activating group) is 1. The van der Waals surface area contributed by atoms with Crippen molar-refractivity contribution in [1.29, 1.82) is 0 Å². The van der Waals surface area contributed by atoms with Gasteiger partial charge in [-0.2, -0.15) is 4.98 Å². The van der Waals surface area contributed by atoms with Gasteiger partial charge in [-0.15, -0.1) is 11.3 Å². The zero-order valence-corrected chi connectivity index (χ0v) is 12.2. The van der Waals surface area contributed by atoms with Crippen molar-refractivity contribution in [2.24, 2.45) is 0 Å². The Hall–Kier alpha value is -0.910. The van der Waals surface area contributed by atoms with E-state index in [1.807, 2.05) is 11.9 Å². The van der Waals surface area contributed by atoms with Crippen LogP contribution in [0, 0.1) is 0 Å². The van der Waals surface area contributed by atoms with Crippen LogP contribution in [-0.2, 0) is 6.42 Å². The predicted octanol–water partition coefficient (Wildman–Crippen LogP) is 2.72. The van der Waals surface area contributed by atoms with Crippen LogP contribution in [0.25, 0.3) is 10.2 Å². The molecular weight excluding hydrogens is 270 g/mol. The third-order valence-electron chi connectivity index (χ3n) is 2.64. The van der Waals surface area contributed by atoms with Gasteiger partial charge in [0.25, 0.3) is 0 Å². The Kier molecular flexibility index (Phi) is 4.04. The van der Waals surface area contributed by atoms with E-state index in [1.165, 1.54) is 4.88 Å². The topological polar surface area (TPSA) is 49.2 Å². The number of anilines is 1. The molecule has 18 heavy (non-hydrogen) atoms. The summed E-state index contributed by atoms with van der Waals surface area (Å²) in [4.78, 5) is 12.6. The molecule has 6 heteroatoms. The SMILES string of the molecule is CCc1cc2c(N(C)CC(C)O)nc(Cl)nc2s1. The Balaban J connectivity index is 2.50. The van der Waals surface area contributed by atoms with Gasteiger partial charge in [-0.25, -0.2) is 4.98 Å². The van der Waals surface area contributed by atoms with Crippen LogP contribution in [0.4, 0.5) is 5.82 Å². The number of fused-ring (bicyclic) bond motifs is 1. The van der Waals surface area contributed by atoms with E-state index in [1.54, 1.807) is 18.3 Å². The fourth-order valence-electron chi connectivity index (χ4n) is 1.88. The number of nitrogens with zero attached hydrogens (tertiary/aromatic N) is 3. The second-order valence-corrected chi connectivity index (χ2v) is 5.78. The minimum absolute atomic E-state index is 0.249. The number of aryl methyl sites for hydroxylation is 1. The van der Waals surface area contributed by atoms with Crippen LogP contribution in [0.3, 0.4) is 0 Å².